The van der Waals surface area contributed by atoms with Crippen LogP contribution in [0.3, 0.4) is 0 Å². The van der Waals surface area contributed by atoms with Crippen molar-refractivity contribution in [1.82, 2.24) is 25.2 Å². The van der Waals surface area contributed by atoms with Crippen LogP contribution in [0, 0.1) is 0 Å². The summed E-state index contributed by atoms with van der Waals surface area (Å²) in [5.41, 5.74) is 8.81. The Kier molecular flexibility index (Phi) is 9.08. The van der Waals surface area contributed by atoms with Crippen LogP contribution in [0.5, 0.6) is 5.75 Å². The van der Waals surface area contributed by atoms with Gasteiger partial charge in [-0.1, -0.05) is 153 Å². The van der Waals surface area contributed by atoms with Crippen molar-refractivity contribution in [1.29, 1.82) is 0 Å². The minimum absolute atomic E-state index is 0.0239. The summed E-state index contributed by atoms with van der Waals surface area (Å²) in [6, 6.07) is 55.5. The molecule has 0 aliphatic heterocycles. The topological polar surface area (TPSA) is 86.0 Å². The number of rotatable bonds is 11. The zero-order valence-corrected chi connectivity index (χ0v) is 28.8. The molecule has 8 aromatic rings. The number of ether oxygens (including phenoxy) is 1. The quantitative estimate of drug-likeness (QED) is 0.137. The Morgan fingerprint density at radius 1 is 0.635 bits per heavy atom. The van der Waals surface area contributed by atoms with Crippen LogP contribution in [0.1, 0.15) is 40.4 Å². The van der Waals surface area contributed by atoms with Crippen molar-refractivity contribution in [3.8, 4) is 28.3 Å². The number of hydrogen-bond donors (Lipinski definition) is 1. The summed E-state index contributed by atoms with van der Waals surface area (Å²) in [6.07, 6.45) is 0.790. The Balaban J connectivity index is 1.13. The molecule has 0 saturated carbocycles. The Morgan fingerprint density at radius 3 is 1.81 bits per heavy atom. The number of hydrogen-bond acceptors (Lipinski definition) is 6. The van der Waals surface area contributed by atoms with Crippen molar-refractivity contribution in [2.24, 2.45) is 0 Å². The molecule has 1 N–H and O–H groups in total. The molecule has 0 unspecified atom stereocenters. The third-order valence-electron chi connectivity index (χ3n) is 9.55. The molecule has 0 aliphatic carbocycles. The monoisotopic (exact) mass is 679 g/mol. The predicted molar refractivity (Wildman–Crippen MR) is 205 cm³/mol. The second kappa shape index (κ2) is 14.4. The van der Waals surface area contributed by atoms with Gasteiger partial charge in [-0.3, -0.25) is 4.98 Å². The smallest absolute Gasteiger partial charge is 0.205 e. The molecule has 0 aliphatic rings. The molecule has 7 nitrogen and oxygen atoms in total. The maximum Gasteiger partial charge on any atom is 0.205 e. The molecule has 8 rings (SSSR count). The van der Waals surface area contributed by atoms with E-state index in [1.165, 1.54) is 0 Å². The minimum Gasteiger partial charge on any atom is -0.488 e. The van der Waals surface area contributed by atoms with Gasteiger partial charge in [0.25, 0.3) is 0 Å². The van der Waals surface area contributed by atoms with E-state index in [0.29, 0.717) is 12.4 Å². The number of fused-ring (bicyclic) bond motifs is 1. The predicted octanol–water partition coefficient (Wildman–Crippen LogP) is 9.03. The van der Waals surface area contributed by atoms with E-state index in [9.17, 15) is 5.11 Å². The number of aliphatic hydroxyl groups excluding tert-OH is 1. The molecule has 2 aromatic heterocycles. The lowest BCUT2D eigenvalue weighted by atomic mass is 9.77. The van der Waals surface area contributed by atoms with Crippen molar-refractivity contribution in [3.05, 3.63) is 197 Å². The van der Waals surface area contributed by atoms with Crippen molar-refractivity contribution < 1.29 is 9.84 Å². The molecule has 7 heteroatoms. The van der Waals surface area contributed by atoms with Gasteiger partial charge < -0.3 is 9.84 Å². The molecular formula is C45H37N5O2. The van der Waals surface area contributed by atoms with Crippen LogP contribution < -0.4 is 4.74 Å². The highest BCUT2D eigenvalue weighted by Gasteiger charge is 2.41. The Labute approximate surface area is 302 Å². The number of tetrazole rings is 1. The first kappa shape index (κ1) is 32.7. The van der Waals surface area contributed by atoms with Gasteiger partial charge in [0.2, 0.25) is 5.82 Å². The number of nitrogens with zero attached hydrogens (tertiary/aromatic N) is 5. The lowest BCUT2D eigenvalue weighted by Gasteiger charge is -2.34. The molecule has 52 heavy (non-hydrogen) atoms. The van der Waals surface area contributed by atoms with Crippen molar-refractivity contribution in [2.75, 3.05) is 0 Å². The summed E-state index contributed by atoms with van der Waals surface area (Å²) < 4.78 is 6.37. The van der Waals surface area contributed by atoms with Gasteiger partial charge in [0, 0.05) is 22.7 Å². The normalized spacial score (nSPS) is 11.5. The van der Waals surface area contributed by atoms with E-state index in [1.54, 1.807) is 4.80 Å². The SMILES string of the molecule is CCc1cc(OCc2ccc(-c3ccccc3-c3nnn(C(c4ccccc4)(c4ccccc4)c4ccccc4)n3)cc2)c2ccc(CO)cc2n1. The molecule has 6 aromatic carbocycles. The van der Waals surface area contributed by atoms with Crippen LogP contribution in [0.15, 0.2) is 164 Å². The summed E-state index contributed by atoms with van der Waals surface area (Å²) in [4.78, 5) is 6.51. The first-order valence-corrected chi connectivity index (χ1v) is 17.5. The third-order valence-corrected chi connectivity index (χ3v) is 9.55. The van der Waals surface area contributed by atoms with E-state index in [0.717, 1.165) is 73.3 Å². The molecule has 0 spiro atoms. The van der Waals surface area contributed by atoms with Gasteiger partial charge in [-0.15, -0.1) is 15.0 Å². The third kappa shape index (κ3) is 6.12. The van der Waals surface area contributed by atoms with Crippen LogP contribution >= 0.6 is 0 Å². The highest BCUT2D eigenvalue weighted by atomic mass is 16.5. The fourth-order valence-electron chi connectivity index (χ4n) is 6.91. The Bertz CT molecular complexity index is 2330. The van der Waals surface area contributed by atoms with Crippen molar-refractivity contribution in [2.45, 2.75) is 32.1 Å². The number of aromatic nitrogens is 5. The summed E-state index contributed by atoms with van der Waals surface area (Å²) in [5.74, 6) is 1.32. The number of pyridine rings is 1. The average molecular weight is 680 g/mol. The fraction of sp³-hybridized carbons (Fsp3) is 0.111. The van der Waals surface area contributed by atoms with Gasteiger partial charge in [-0.2, -0.15) is 0 Å². The van der Waals surface area contributed by atoms with Gasteiger partial charge in [0.05, 0.1) is 12.1 Å². The highest BCUT2D eigenvalue weighted by molar-refractivity contribution is 5.86. The zero-order valence-electron chi connectivity index (χ0n) is 28.8. The van der Waals surface area contributed by atoms with E-state index < -0.39 is 5.54 Å². The number of aryl methyl sites for hydroxylation is 1. The summed E-state index contributed by atoms with van der Waals surface area (Å²) >= 11 is 0. The maximum absolute atomic E-state index is 9.62. The molecular weight excluding hydrogens is 643 g/mol. The van der Waals surface area contributed by atoms with Crippen LogP contribution in [0.2, 0.25) is 0 Å². The zero-order chi connectivity index (χ0) is 35.3. The lowest BCUT2D eigenvalue weighted by Crippen LogP contribution is -2.39. The second-order valence-corrected chi connectivity index (χ2v) is 12.7. The van der Waals surface area contributed by atoms with Gasteiger partial charge in [0.15, 0.2) is 5.54 Å². The van der Waals surface area contributed by atoms with Crippen LogP contribution in [-0.4, -0.2) is 30.3 Å². The standard InChI is InChI=1S/C45H37N5O2/c1-2-38-29-43(41-27-24-33(30-51)28-42(41)46-38)52-31-32-22-25-34(26-23-32)39-20-12-13-21-40(39)44-47-49-50(48-44)45(35-14-6-3-7-15-35,36-16-8-4-9-17-36)37-18-10-5-11-19-37/h3-29,51H,2,30-31H2,1H3. The highest BCUT2D eigenvalue weighted by Crippen LogP contribution is 2.40. The van der Waals surface area contributed by atoms with Crippen molar-refractivity contribution in [3.63, 3.8) is 0 Å². The molecule has 0 fully saturated rings. The fourth-order valence-corrected chi connectivity index (χ4v) is 6.91. The minimum atomic E-state index is -0.856. The Hall–Kier alpha value is -6.44. The van der Waals surface area contributed by atoms with Crippen molar-refractivity contribution >= 4 is 10.9 Å². The van der Waals surface area contributed by atoms with Gasteiger partial charge >= 0.3 is 0 Å². The number of aliphatic hydroxyl groups is 1. The maximum atomic E-state index is 9.62. The molecule has 2 heterocycles. The largest absolute Gasteiger partial charge is 0.488 e. The first-order valence-electron chi connectivity index (χ1n) is 17.5. The number of benzene rings is 6. The van der Waals surface area contributed by atoms with Gasteiger partial charge in [-0.25, -0.2) is 0 Å². The van der Waals surface area contributed by atoms with E-state index in [2.05, 4.69) is 73.7 Å². The molecule has 0 saturated heterocycles. The molecule has 0 atom stereocenters. The molecule has 0 amide bonds. The summed E-state index contributed by atoms with van der Waals surface area (Å²) in [7, 11) is 0. The summed E-state index contributed by atoms with van der Waals surface area (Å²) in [6.45, 7) is 2.46. The van der Waals surface area contributed by atoms with E-state index in [-0.39, 0.29) is 6.61 Å². The van der Waals surface area contributed by atoms with Gasteiger partial charge in [0.1, 0.15) is 12.4 Å². The Morgan fingerprint density at radius 2 is 1.21 bits per heavy atom. The van der Waals surface area contributed by atoms with E-state index in [1.807, 2.05) is 97.1 Å². The van der Waals surface area contributed by atoms with Crippen LogP contribution in [0.25, 0.3) is 33.4 Å². The summed E-state index contributed by atoms with van der Waals surface area (Å²) in [5, 5.41) is 25.2. The molecule has 0 bridgehead atoms. The van der Waals surface area contributed by atoms with E-state index >= 15 is 0 Å². The molecule has 254 valence electrons. The molecule has 0 radical (unpaired) electrons. The second-order valence-electron chi connectivity index (χ2n) is 12.7. The lowest BCUT2D eigenvalue weighted by molar-refractivity contribution is 0.282. The average Bonchev–Trinajstić information content (AvgIpc) is 3.72. The van der Waals surface area contributed by atoms with Crippen LogP contribution in [-0.2, 0) is 25.2 Å². The van der Waals surface area contributed by atoms with Gasteiger partial charge in [-0.05, 0) is 62.7 Å². The van der Waals surface area contributed by atoms with E-state index in [4.69, 9.17) is 25.1 Å². The van der Waals surface area contributed by atoms with Crippen LogP contribution in [0.4, 0.5) is 0 Å². The first-order chi connectivity index (χ1) is 25.7.